The van der Waals surface area contributed by atoms with Crippen LogP contribution in [0.15, 0.2) is 63.5 Å². The van der Waals surface area contributed by atoms with E-state index in [2.05, 4.69) is 26.5 Å². The maximum Gasteiger partial charge on any atom is 0.272 e. The Hall–Kier alpha value is -1.98. The number of carbonyl (C=O) groups excluding carboxylic acids is 1. The van der Waals surface area contributed by atoms with Crippen molar-refractivity contribution in [3.8, 4) is 0 Å². The zero-order valence-corrected chi connectivity index (χ0v) is 13.3. The Bertz CT molecular complexity index is 826. The first-order chi connectivity index (χ1) is 10.3. The molecule has 5 heteroatoms. The van der Waals surface area contributed by atoms with Crippen LogP contribution in [0.1, 0.15) is 15.9 Å². The summed E-state index contributed by atoms with van der Waals surface area (Å²) in [6.07, 6.45) is 1.62. The average Bonchev–Trinajstić information content (AvgIpc) is 2.93. The minimum absolute atomic E-state index is 0.198. The molecule has 2 aromatic carbocycles. The highest BCUT2D eigenvalue weighted by molar-refractivity contribution is 9.10. The van der Waals surface area contributed by atoms with Crippen LogP contribution in [-0.4, -0.2) is 12.1 Å². The van der Waals surface area contributed by atoms with Gasteiger partial charge in [-0.3, -0.25) is 4.79 Å². The van der Waals surface area contributed by atoms with Crippen molar-refractivity contribution in [1.29, 1.82) is 0 Å². The topological polar surface area (TPSA) is 41.5 Å². The number of fused-ring (bicyclic) bond motifs is 1. The zero-order chi connectivity index (χ0) is 14.7. The summed E-state index contributed by atoms with van der Waals surface area (Å²) < 4.78 is 2.03. The van der Waals surface area contributed by atoms with E-state index in [1.54, 1.807) is 17.6 Å². The van der Waals surface area contributed by atoms with E-state index in [0.29, 0.717) is 5.56 Å². The van der Waals surface area contributed by atoms with Gasteiger partial charge in [-0.2, -0.15) is 5.10 Å². The van der Waals surface area contributed by atoms with E-state index in [1.165, 1.54) is 0 Å². The number of hydrazone groups is 1. The first-order valence-corrected chi connectivity index (χ1v) is 7.97. The lowest BCUT2D eigenvalue weighted by atomic mass is 10.2. The fourth-order valence-corrected chi connectivity index (χ4v) is 3.28. The predicted molar refractivity (Wildman–Crippen MR) is 91.0 cm³/mol. The van der Waals surface area contributed by atoms with Gasteiger partial charge in [-0.05, 0) is 12.1 Å². The predicted octanol–water partition coefficient (Wildman–Crippen LogP) is 4.43. The molecular weight excluding hydrogens is 348 g/mol. The number of hydrogen-bond donors (Lipinski definition) is 1. The molecule has 1 heterocycles. The van der Waals surface area contributed by atoms with E-state index in [0.717, 1.165) is 20.1 Å². The fraction of sp³-hybridized carbons (Fsp3) is 0. The molecule has 0 aliphatic carbocycles. The Morgan fingerprint density at radius 2 is 1.90 bits per heavy atom. The molecule has 0 saturated carbocycles. The number of rotatable bonds is 3. The highest BCUT2D eigenvalue weighted by Gasteiger charge is 2.10. The molecule has 21 heavy (non-hydrogen) atoms. The van der Waals surface area contributed by atoms with Crippen molar-refractivity contribution in [2.24, 2.45) is 5.10 Å². The Kier molecular flexibility index (Phi) is 4.13. The summed E-state index contributed by atoms with van der Waals surface area (Å²) in [4.78, 5) is 12.2. The first-order valence-electron chi connectivity index (χ1n) is 6.30. The normalized spacial score (nSPS) is 11.1. The van der Waals surface area contributed by atoms with Crippen molar-refractivity contribution in [3.05, 3.63) is 69.5 Å². The van der Waals surface area contributed by atoms with Crippen LogP contribution in [0.5, 0.6) is 0 Å². The molecule has 0 bridgehead atoms. The molecule has 0 spiro atoms. The smallest absolute Gasteiger partial charge is 0.267 e. The molecule has 0 saturated heterocycles. The number of carbonyl (C=O) groups is 1. The molecule has 0 aliphatic heterocycles. The number of benzene rings is 2. The number of thiophene rings is 1. The minimum atomic E-state index is -0.198. The molecule has 1 amide bonds. The van der Waals surface area contributed by atoms with Crippen molar-refractivity contribution >= 4 is 49.5 Å². The van der Waals surface area contributed by atoms with Gasteiger partial charge in [-0.1, -0.05) is 52.3 Å². The third-order valence-electron chi connectivity index (χ3n) is 3.00. The number of amides is 1. The Labute approximate surface area is 134 Å². The Balaban J connectivity index is 1.77. The van der Waals surface area contributed by atoms with E-state index in [-0.39, 0.29) is 5.91 Å². The van der Waals surface area contributed by atoms with Gasteiger partial charge < -0.3 is 0 Å². The maximum absolute atomic E-state index is 12.2. The monoisotopic (exact) mass is 358 g/mol. The molecule has 104 valence electrons. The van der Waals surface area contributed by atoms with Gasteiger partial charge in [0.15, 0.2) is 0 Å². The molecule has 0 fully saturated rings. The van der Waals surface area contributed by atoms with Gasteiger partial charge in [0.1, 0.15) is 0 Å². The van der Waals surface area contributed by atoms with Crippen LogP contribution in [0.3, 0.4) is 0 Å². The fourth-order valence-electron chi connectivity index (χ4n) is 1.95. The van der Waals surface area contributed by atoms with Crippen LogP contribution in [0.4, 0.5) is 0 Å². The second kappa shape index (κ2) is 6.20. The van der Waals surface area contributed by atoms with Crippen molar-refractivity contribution in [1.82, 2.24) is 5.43 Å². The third kappa shape index (κ3) is 3.04. The number of nitrogens with one attached hydrogen (secondary N) is 1. The lowest BCUT2D eigenvalue weighted by Gasteiger charge is -1.99. The van der Waals surface area contributed by atoms with Gasteiger partial charge in [0.2, 0.25) is 0 Å². The maximum atomic E-state index is 12.2. The van der Waals surface area contributed by atoms with Crippen LogP contribution in [0.2, 0.25) is 0 Å². The summed E-state index contributed by atoms with van der Waals surface area (Å²) >= 11 is 4.99. The lowest BCUT2D eigenvalue weighted by Crippen LogP contribution is -2.17. The van der Waals surface area contributed by atoms with Crippen molar-refractivity contribution in [2.45, 2.75) is 0 Å². The Morgan fingerprint density at radius 3 is 2.76 bits per heavy atom. The largest absolute Gasteiger partial charge is 0.272 e. The van der Waals surface area contributed by atoms with E-state index < -0.39 is 0 Å². The van der Waals surface area contributed by atoms with Gasteiger partial charge >= 0.3 is 0 Å². The first kappa shape index (κ1) is 14.0. The quantitative estimate of drug-likeness (QED) is 0.546. The van der Waals surface area contributed by atoms with E-state index in [9.17, 15) is 4.79 Å². The second-order valence-electron chi connectivity index (χ2n) is 4.37. The van der Waals surface area contributed by atoms with E-state index in [4.69, 9.17) is 0 Å². The molecule has 0 radical (unpaired) electrons. The van der Waals surface area contributed by atoms with E-state index in [1.807, 2.05) is 53.9 Å². The van der Waals surface area contributed by atoms with E-state index >= 15 is 0 Å². The van der Waals surface area contributed by atoms with Crippen LogP contribution in [0.25, 0.3) is 10.1 Å². The standard InChI is InChI=1S/C16H11BrN2OS/c17-14-7-3-1-5-11(14)9-18-19-16(20)13-10-21-15-8-4-2-6-12(13)15/h1-10H,(H,19,20)/b18-9+. The van der Waals surface area contributed by atoms with Crippen LogP contribution in [0, 0.1) is 0 Å². The van der Waals surface area contributed by atoms with Gasteiger partial charge in [-0.15, -0.1) is 11.3 Å². The van der Waals surface area contributed by atoms with Gasteiger partial charge in [0, 0.05) is 25.5 Å². The summed E-state index contributed by atoms with van der Waals surface area (Å²) in [7, 11) is 0. The number of nitrogens with zero attached hydrogens (tertiary/aromatic N) is 1. The van der Waals surface area contributed by atoms with Crippen molar-refractivity contribution in [3.63, 3.8) is 0 Å². The molecule has 0 atom stereocenters. The van der Waals surface area contributed by atoms with Crippen molar-refractivity contribution < 1.29 is 4.79 Å². The lowest BCUT2D eigenvalue weighted by molar-refractivity contribution is 0.0957. The van der Waals surface area contributed by atoms with Crippen LogP contribution >= 0.6 is 27.3 Å². The molecule has 1 N–H and O–H groups in total. The molecule has 3 nitrogen and oxygen atoms in total. The summed E-state index contributed by atoms with van der Waals surface area (Å²) in [5.41, 5.74) is 4.13. The average molecular weight is 359 g/mol. The molecule has 0 aliphatic rings. The molecule has 0 unspecified atom stereocenters. The molecular formula is C16H11BrN2OS. The summed E-state index contributed by atoms with van der Waals surface area (Å²) in [6.45, 7) is 0. The summed E-state index contributed by atoms with van der Waals surface area (Å²) in [6, 6.07) is 15.5. The second-order valence-corrected chi connectivity index (χ2v) is 6.13. The third-order valence-corrected chi connectivity index (χ3v) is 4.69. The molecule has 3 aromatic rings. The molecule has 1 aromatic heterocycles. The zero-order valence-electron chi connectivity index (χ0n) is 10.9. The SMILES string of the molecule is O=C(N/N=C/c1ccccc1Br)c1csc2ccccc12. The Morgan fingerprint density at radius 1 is 1.14 bits per heavy atom. The number of halogens is 1. The molecule has 3 rings (SSSR count). The van der Waals surface area contributed by atoms with Crippen LogP contribution < -0.4 is 5.43 Å². The van der Waals surface area contributed by atoms with Crippen molar-refractivity contribution in [2.75, 3.05) is 0 Å². The summed E-state index contributed by atoms with van der Waals surface area (Å²) in [5.74, 6) is -0.198. The number of hydrogen-bond acceptors (Lipinski definition) is 3. The van der Waals surface area contributed by atoms with Gasteiger partial charge in [-0.25, -0.2) is 5.43 Å². The van der Waals surface area contributed by atoms with Gasteiger partial charge in [0.05, 0.1) is 11.8 Å². The van der Waals surface area contributed by atoms with Crippen LogP contribution in [-0.2, 0) is 0 Å². The highest BCUT2D eigenvalue weighted by atomic mass is 79.9. The summed E-state index contributed by atoms with van der Waals surface area (Å²) in [5, 5.41) is 6.83. The minimum Gasteiger partial charge on any atom is -0.267 e. The highest BCUT2D eigenvalue weighted by Crippen LogP contribution is 2.25. The van der Waals surface area contributed by atoms with Gasteiger partial charge in [0.25, 0.3) is 5.91 Å².